The first-order valence-corrected chi connectivity index (χ1v) is 11.0. The van der Waals surface area contributed by atoms with Gasteiger partial charge in [-0.2, -0.15) is 0 Å². The lowest BCUT2D eigenvalue weighted by atomic mass is 10.00. The third-order valence-corrected chi connectivity index (χ3v) is 6.21. The van der Waals surface area contributed by atoms with E-state index in [1.54, 1.807) is 16.7 Å². The normalized spacial score (nSPS) is 11.5. The molecule has 3 N–H and O–H groups in total. The minimum absolute atomic E-state index is 0.333. The number of fused-ring (bicyclic) bond motifs is 1. The zero-order valence-corrected chi connectivity index (χ0v) is 18.0. The van der Waals surface area contributed by atoms with E-state index in [0.717, 1.165) is 21.3 Å². The minimum atomic E-state index is -0.871. The predicted octanol–water partition coefficient (Wildman–Crippen LogP) is 4.01. The van der Waals surface area contributed by atoms with Crippen LogP contribution in [0.15, 0.2) is 53.4 Å². The number of anilines is 1. The highest BCUT2D eigenvalue weighted by molar-refractivity contribution is 7.17. The average Bonchev–Trinajstić information content (AvgIpc) is 3.46. The number of terminal acetylenes is 1. The van der Waals surface area contributed by atoms with Gasteiger partial charge in [0.1, 0.15) is 11.9 Å². The van der Waals surface area contributed by atoms with Gasteiger partial charge in [0.25, 0.3) is 0 Å². The summed E-state index contributed by atoms with van der Waals surface area (Å²) >= 11 is 2.83. The van der Waals surface area contributed by atoms with Crippen molar-refractivity contribution < 1.29 is 9.59 Å². The fourth-order valence-corrected chi connectivity index (χ4v) is 4.47. The van der Waals surface area contributed by atoms with Gasteiger partial charge in [0.2, 0.25) is 5.91 Å². The minimum Gasteiger partial charge on any atom is -0.357 e. The molecule has 2 aromatic heterocycles. The maximum absolute atomic E-state index is 12.4. The van der Waals surface area contributed by atoms with Crippen LogP contribution in [0.25, 0.3) is 21.3 Å². The van der Waals surface area contributed by atoms with Crippen LogP contribution in [-0.4, -0.2) is 29.0 Å². The average molecular weight is 448 g/mol. The van der Waals surface area contributed by atoms with Gasteiger partial charge < -0.3 is 10.6 Å². The second kappa shape index (κ2) is 8.95. The fourth-order valence-electron chi connectivity index (χ4n) is 3.09. The molecule has 2 aromatic carbocycles. The van der Waals surface area contributed by atoms with E-state index in [-0.39, 0.29) is 5.91 Å². The molecular weight excluding hydrogens is 430 g/mol. The number of aromatic nitrogens is 2. The maximum atomic E-state index is 12.4. The summed E-state index contributed by atoms with van der Waals surface area (Å²) in [4.78, 5) is 33.3. The molecule has 154 valence electrons. The van der Waals surface area contributed by atoms with Gasteiger partial charge in [-0.25, -0.2) is 14.8 Å². The molecule has 0 fully saturated rings. The van der Waals surface area contributed by atoms with Crippen molar-refractivity contribution in [1.82, 2.24) is 20.6 Å². The highest BCUT2D eigenvalue weighted by atomic mass is 32.1. The van der Waals surface area contributed by atoms with E-state index in [9.17, 15) is 9.59 Å². The second-order valence-corrected chi connectivity index (χ2v) is 8.17. The third kappa shape index (κ3) is 4.40. The van der Waals surface area contributed by atoms with Crippen LogP contribution in [0.2, 0.25) is 0 Å². The third-order valence-electron chi connectivity index (χ3n) is 4.56. The predicted molar refractivity (Wildman–Crippen MR) is 124 cm³/mol. The summed E-state index contributed by atoms with van der Waals surface area (Å²) in [7, 11) is 1.52. The Bertz CT molecular complexity index is 1290. The van der Waals surface area contributed by atoms with E-state index >= 15 is 0 Å². The Morgan fingerprint density at radius 1 is 1.13 bits per heavy atom. The summed E-state index contributed by atoms with van der Waals surface area (Å²) in [6.07, 6.45) is 5.30. The van der Waals surface area contributed by atoms with Crippen LogP contribution in [0.1, 0.15) is 16.6 Å². The van der Waals surface area contributed by atoms with E-state index < -0.39 is 12.1 Å². The Hall–Kier alpha value is -3.74. The second-order valence-electron chi connectivity index (χ2n) is 6.46. The molecule has 0 aliphatic carbocycles. The van der Waals surface area contributed by atoms with E-state index in [1.165, 1.54) is 18.4 Å². The molecule has 31 heavy (non-hydrogen) atoms. The largest absolute Gasteiger partial charge is 0.357 e. The lowest BCUT2D eigenvalue weighted by molar-refractivity contribution is -0.122. The summed E-state index contributed by atoms with van der Waals surface area (Å²) in [5.41, 5.74) is 5.49. The number of benzene rings is 2. The van der Waals surface area contributed by atoms with E-state index in [2.05, 4.69) is 31.8 Å². The molecule has 0 aliphatic heterocycles. The molecule has 0 bridgehead atoms. The molecule has 4 aromatic rings. The van der Waals surface area contributed by atoms with Crippen LogP contribution >= 0.6 is 22.7 Å². The van der Waals surface area contributed by atoms with Crippen LogP contribution in [0, 0.1) is 12.3 Å². The van der Waals surface area contributed by atoms with Crippen LogP contribution in [0.3, 0.4) is 0 Å². The van der Waals surface area contributed by atoms with Crippen molar-refractivity contribution in [3.05, 3.63) is 63.9 Å². The number of urea groups is 1. The number of nitrogens with zero attached hydrogens (tertiary/aromatic N) is 2. The SMILES string of the molecule is C#Cc1nc(NC(=O)N[C@H](C(=O)NC)c2ccc(-c3cccc4ncsc34)cc2)cs1. The van der Waals surface area contributed by atoms with Gasteiger partial charge in [0, 0.05) is 18.0 Å². The molecule has 9 heteroatoms. The van der Waals surface area contributed by atoms with Crippen molar-refractivity contribution in [3.63, 3.8) is 0 Å². The number of amides is 3. The van der Waals surface area contributed by atoms with Gasteiger partial charge in [-0.15, -0.1) is 29.1 Å². The quantitative estimate of drug-likeness (QED) is 0.403. The molecule has 0 saturated heterocycles. The first-order chi connectivity index (χ1) is 15.1. The monoisotopic (exact) mass is 447 g/mol. The molecule has 7 nitrogen and oxygen atoms in total. The first-order valence-electron chi connectivity index (χ1n) is 9.23. The molecule has 0 aliphatic rings. The Labute approximate surface area is 186 Å². The zero-order valence-electron chi connectivity index (χ0n) is 16.4. The molecule has 2 heterocycles. The van der Waals surface area contributed by atoms with E-state index in [1.807, 2.05) is 48.0 Å². The molecule has 0 unspecified atom stereocenters. The number of carbonyl (C=O) groups is 2. The Morgan fingerprint density at radius 2 is 1.94 bits per heavy atom. The molecule has 0 saturated carbocycles. The number of likely N-dealkylation sites (N-methyl/N-ethyl adjacent to an activating group) is 1. The van der Waals surface area contributed by atoms with E-state index in [0.29, 0.717) is 16.4 Å². The Balaban J connectivity index is 1.55. The Kier molecular flexibility index (Phi) is 5.93. The lowest BCUT2D eigenvalue weighted by Gasteiger charge is -2.18. The van der Waals surface area contributed by atoms with Gasteiger partial charge in [-0.05, 0) is 23.1 Å². The highest BCUT2D eigenvalue weighted by Crippen LogP contribution is 2.31. The van der Waals surface area contributed by atoms with Gasteiger partial charge in [0.15, 0.2) is 5.01 Å². The lowest BCUT2D eigenvalue weighted by Crippen LogP contribution is -2.41. The smallest absolute Gasteiger partial charge is 0.321 e. The van der Waals surface area contributed by atoms with Gasteiger partial charge in [-0.1, -0.05) is 36.4 Å². The number of hydrogen-bond donors (Lipinski definition) is 3. The summed E-state index contributed by atoms with van der Waals surface area (Å²) in [6.45, 7) is 0. The van der Waals surface area contributed by atoms with Gasteiger partial charge >= 0.3 is 6.03 Å². The van der Waals surface area contributed by atoms with Crippen molar-refractivity contribution in [3.8, 4) is 23.5 Å². The molecule has 3 amide bonds. The fraction of sp³-hybridized carbons (Fsp3) is 0.0909. The summed E-state index contributed by atoms with van der Waals surface area (Å²) < 4.78 is 1.10. The van der Waals surface area contributed by atoms with Crippen LogP contribution < -0.4 is 16.0 Å². The zero-order chi connectivity index (χ0) is 21.8. The summed E-state index contributed by atoms with van der Waals surface area (Å²) in [5.74, 6) is 2.41. The maximum Gasteiger partial charge on any atom is 0.321 e. The van der Waals surface area contributed by atoms with Crippen LogP contribution in [0.4, 0.5) is 10.6 Å². The number of rotatable bonds is 5. The van der Waals surface area contributed by atoms with Crippen molar-refractivity contribution in [1.29, 1.82) is 0 Å². The number of thiazole rings is 2. The number of hydrogen-bond acceptors (Lipinski definition) is 6. The first kappa shape index (κ1) is 20.5. The van der Waals surface area contributed by atoms with Gasteiger partial charge in [0.05, 0.1) is 15.7 Å². The number of nitrogens with one attached hydrogen (secondary N) is 3. The molecule has 0 radical (unpaired) electrons. The van der Waals surface area contributed by atoms with E-state index in [4.69, 9.17) is 6.42 Å². The molecule has 0 spiro atoms. The van der Waals surface area contributed by atoms with Crippen molar-refractivity contribution in [2.75, 3.05) is 12.4 Å². The van der Waals surface area contributed by atoms with Crippen LogP contribution in [-0.2, 0) is 4.79 Å². The standard InChI is InChI=1S/C22H17N5O2S2/c1-3-18-25-17(11-30-18)26-22(29)27-19(21(28)23-2)14-9-7-13(8-10-14)15-5-4-6-16-20(15)31-12-24-16/h1,4-12,19H,2H3,(H,23,28)(H2,26,27,29)/t19-/m0/s1. The molecule has 4 rings (SSSR count). The topological polar surface area (TPSA) is 96.0 Å². The Morgan fingerprint density at radius 3 is 2.65 bits per heavy atom. The van der Waals surface area contributed by atoms with Crippen molar-refractivity contribution in [2.24, 2.45) is 0 Å². The van der Waals surface area contributed by atoms with Crippen molar-refractivity contribution >= 4 is 50.6 Å². The summed E-state index contributed by atoms with van der Waals surface area (Å²) in [6, 6.07) is 12.1. The highest BCUT2D eigenvalue weighted by Gasteiger charge is 2.22. The van der Waals surface area contributed by atoms with Gasteiger partial charge in [-0.3, -0.25) is 10.1 Å². The number of carbonyl (C=O) groups excluding carboxylic acids is 2. The van der Waals surface area contributed by atoms with Crippen molar-refractivity contribution in [2.45, 2.75) is 6.04 Å². The van der Waals surface area contributed by atoms with Crippen LogP contribution in [0.5, 0.6) is 0 Å². The summed E-state index contributed by atoms with van der Waals surface area (Å²) in [5, 5.41) is 9.97. The molecule has 1 atom stereocenters. The molecular formula is C22H17N5O2S2.